The van der Waals surface area contributed by atoms with Crippen molar-refractivity contribution in [3.05, 3.63) is 53.6 Å². The second-order valence-corrected chi connectivity index (χ2v) is 6.43. The van der Waals surface area contributed by atoms with Crippen molar-refractivity contribution in [1.82, 2.24) is 5.01 Å². The molecule has 3 rings (SSSR count). The number of amides is 1. The van der Waals surface area contributed by atoms with Gasteiger partial charge in [-0.25, -0.2) is 5.01 Å². The topological polar surface area (TPSA) is 60.4 Å². The first kappa shape index (κ1) is 19.7. The predicted octanol–water partition coefficient (Wildman–Crippen LogP) is 4.19. The maximum Gasteiger partial charge on any atom is 0.240 e. The van der Waals surface area contributed by atoms with Gasteiger partial charge in [0.15, 0.2) is 0 Å². The maximum atomic E-state index is 12.2. The molecule has 0 saturated carbocycles. The SMILES string of the molecule is CCOc1ccc(C2=NN(C(C)=O)C(c3ccc(OC)cc3)C2)c(OCC)c1. The van der Waals surface area contributed by atoms with Gasteiger partial charge in [0, 0.05) is 25.0 Å². The minimum absolute atomic E-state index is 0.0975. The summed E-state index contributed by atoms with van der Waals surface area (Å²) in [4.78, 5) is 12.2. The van der Waals surface area contributed by atoms with E-state index >= 15 is 0 Å². The fourth-order valence-electron chi connectivity index (χ4n) is 3.32. The Morgan fingerprint density at radius 2 is 1.75 bits per heavy atom. The number of hydrogen-bond donors (Lipinski definition) is 0. The molecule has 0 radical (unpaired) electrons. The number of ether oxygens (including phenoxy) is 3. The lowest BCUT2D eigenvalue weighted by Gasteiger charge is -2.20. The molecule has 2 aromatic carbocycles. The predicted molar refractivity (Wildman–Crippen MR) is 108 cm³/mol. The molecule has 0 aliphatic carbocycles. The molecule has 1 aliphatic rings. The first-order chi connectivity index (χ1) is 13.6. The highest BCUT2D eigenvalue weighted by Gasteiger charge is 2.32. The van der Waals surface area contributed by atoms with Crippen LogP contribution in [0.15, 0.2) is 47.6 Å². The summed E-state index contributed by atoms with van der Waals surface area (Å²) in [5.41, 5.74) is 2.72. The van der Waals surface area contributed by atoms with Crippen LogP contribution in [-0.2, 0) is 4.79 Å². The average Bonchev–Trinajstić information content (AvgIpc) is 3.14. The molecule has 0 N–H and O–H groups in total. The van der Waals surface area contributed by atoms with Crippen molar-refractivity contribution in [3.63, 3.8) is 0 Å². The van der Waals surface area contributed by atoms with Crippen LogP contribution in [-0.4, -0.2) is 37.0 Å². The average molecular weight is 382 g/mol. The second-order valence-electron chi connectivity index (χ2n) is 6.43. The third kappa shape index (κ3) is 4.11. The quantitative estimate of drug-likeness (QED) is 0.720. The highest BCUT2D eigenvalue weighted by Crippen LogP contribution is 2.36. The second kappa shape index (κ2) is 8.78. The van der Waals surface area contributed by atoms with Crippen LogP contribution < -0.4 is 14.2 Å². The third-order valence-electron chi connectivity index (χ3n) is 4.61. The monoisotopic (exact) mass is 382 g/mol. The molecular weight excluding hydrogens is 356 g/mol. The molecule has 0 aromatic heterocycles. The van der Waals surface area contributed by atoms with Crippen LogP contribution in [0.3, 0.4) is 0 Å². The van der Waals surface area contributed by atoms with Gasteiger partial charge in [-0.2, -0.15) is 5.10 Å². The summed E-state index contributed by atoms with van der Waals surface area (Å²) in [6, 6.07) is 13.3. The zero-order valence-corrected chi connectivity index (χ0v) is 16.8. The zero-order chi connectivity index (χ0) is 20.1. The third-order valence-corrected chi connectivity index (χ3v) is 4.61. The summed E-state index contributed by atoms with van der Waals surface area (Å²) in [5, 5.41) is 6.17. The van der Waals surface area contributed by atoms with Gasteiger partial charge in [0.2, 0.25) is 5.91 Å². The molecule has 6 heteroatoms. The van der Waals surface area contributed by atoms with E-state index in [1.165, 1.54) is 6.92 Å². The molecule has 1 heterocycles. The smallest absolute Gasteiger partial charge is 0.240 e. The van der Waals surface area contributed by atoms with Crippen LogP contribution in [0.2, 0.25) is 0 Å². The van der Waals surface area contributed by atoms with Gasteiger partial charge < -0.3 is 14.2 Å². The Morgan fingerprint density at radius 1 is 1.07 bits per heavy atom. The Balaban J connectivity index is 1.94. The number of nitrogens with zero attached hydrogens (tertiary/aromatic N) is 2. The minimum atomic E-state index is -0.153. The number of carbonyl (C=O) groups is 1. The Labute approximate surface area is 165 Å². The summed E-state index contributed by atoms with van der Waals surface area (Å²) < 4.78 is 16.6. The molecule has 1 amide bonds. The van der Waals surface area contributed by atoms with E-state index in [0.717, 1.165) is 28.3 Å². The molecule has 148 valence electrons. The van der Waals surface area contributed by atoms with Crippen molar-refractivity contribution in [2.24, 2.45) is 5.10 Å². The summed E-state index contributed by atoms with van der Waals surface area (Å²) >= 11 is 0. The largest absolute Gasteiger partial charge is 0.497 e. The van der Waals surface area contributed by atoms with E-state index in [1.807, 2.05) is 56.3 Å². The van der Waals surface area contributed by atoms with Gasteiger partial charge in [-0.15, -0.1) is 0 Å². The molecule has 0 spiro atoms. The van der Waals surface area contributed by atoms with Crippen molar-refractivity contribution in [2.45, 2.75) is 33.2 Å². The van der Waals surface area contributed by atoms with E-state index in [4.69, 9.17) is 14.2 Å². The zero-order valence-electron chi connectivity index (χ0n) is 16.8. The summed E-state index contributed by atoms with van der Waals surface area (Å²) in [6.45, 7) is 6.54. The summed E-state index contributed by atoms with van der Waals surface area (Å²) in [7, 11) is 1.63. The van der Waals surface area contributed by atoms with E-state index in [9.17, 15) is 4.79 Å². The van der Waals surface area contributed by atoms with Gasteiger partial charge >= 0.3 is 0 Å². The molecule has 1 unspecified atom stereocenters. The number of benzene rings is 2. The van der Waals surface area contributed by atoms with Crippen LogP contribution in [0, 0.1) is 0 Å². The van der Waals surface area contributed by atoms with Crippen molar-refractivity contribution < 1.29 is 19.0 Å². The number of hydrogen-bond acceptors (Lipinski definition) is 5. The molecular formula is C22H26N2O4. The molecule has 1 aliphatic heterocycles. The van der Waals surface area contributed by atoms with E-state index in [0.29, 0.717) is 25.4 Å². The van der Waals surface area contributed by atoms with Crippen molar-refractivity contribution in [3.8, 4) is 17.2 Å². The Morgan fingerprint density at radius 3 is 2.36 bits per heavy atom. The highest BCUT2D eigenvalue weighted by atomic mass is 16.5. The Kier molecular flexibility index (Phi) is 6.19. The highest BCUT2D eigenvalue weighted by molar-refractivity contribution is 6.05. The van der Waals surface area contributed by atoms with E-state index in [1.54, 1.807) is 12.1 Å². The van der Waals surface area contributed by atoms with Gasteiger partial charge in [-0.05, 0) is 43.7 Å². The molecule has 1 atom stereocenters. The molecule has 6 nitrogen and oxygen atoms in total. The number of methoxy groups -OCH3 is 1. The van der Waals surface area contributed by atoms with Gasteiger partial charge in [0.05, 0.1) is 32.1 Å². The fourth-order valence-corrected chi connectivity index (χ4v) is 3.32. The molecule has 28 heavy (non-hydrogen) atoms. The fraction of sp³-hybridized carbons (Fsp3) is 0.364. The van der Waals surface area contributed by atoms with Crippen LogP contribution in [0.4, 0.5) is 0 Å². The van der Waals surface area contributed by atoms with Crippen molar-refractivity contribution in [1.29, 1.82) is 0 Å². The van der Waals surface area contributed by atoms with Gasteiger partial charge in [-0.1, -0.05) is 12.1 Å². The van der Waals surface area contributed by atoms with Crippen molar-refractivity contribution >= 4 is 11.6 Å². The first-order valence-electron chi connectivity index (χ1n) is 9.48. The van der Waals surface area contributed by atoms with Crippen molar-refractivity contribution in [2.75, 3.05) is 20.3 Å². The van der Waals surface area contributed by atoms with E-state index in [2.05, 4.69) is 5.10 Å². The van der Waals surface area contributed by atoms with Crippen LogP contribution in [0.25, 0.3) is 0 Å². The Hall–Kier alpha value is -3.02. The standard InChI is InChI=1S/C22H26N2O4/c1-5-27-18-11-12-19(22(13-18)28-6-2)20-14-21(24(23-20)15(3)25)16-7-9-17(26-4)10-8-16/h7-13,21H,5-6,14H2,1-4H3. The number of hydrazone groups is 1. The maximum absolute atomic E-state index is 12.2. The van der Waals surface area contributed by atoms with Crippen LogP contribution in [0.1, 0.15) is 44.4 Å². The number of carbonyl (C=O) groups excluding carboxylic acids is 1. The summed E-state index contributed by atoms with van der Waals surface area (Å²) in [5.74, 6) is 2.15. The van der Waals surface area contributed by atoms with Crippen LogP contribution in [0.5, 0.6) is 17.2 Å². The van der Waals surface area contributed by atoms with Gasteiger partial charge in [0.1, 0.15) is 17.2 Å². The minimum Gasteiger partial charge on any atom is -0.497 e. The summed E-state index contributed by atoms with van der Waals surface area (Å²) in [6.07, 6.45) is 0.611. The van der Waals surface area contributed by atoms with Gasteiger partial charge in [0.25, 0.3) is 0 Å². The molecule has 0 fully saturated rings. The lowest BCUT2D eigenvalue weighted by molar-refractivity contribution is -0.130. The first-order valence-corrected chi connectivity index (χ1v) is 9.48. The normalized spacial score (nSPS) is 15.9. The lowest BCUT2D eigenvalue weighted by Crippen LogP contribution is -2.24. The Bertz CT molecular complexity index is 861. The number of rotatable bonds is 7. The van der Waals surface area contributed by atoms with E-state index in [-0.39, 0.29) is 11.9 Å². The van der Waals surface area contributed by atoms with Crippen LogP contribution >= 0.6 is 0 Å². The van der Waals surface area contributed by atoms with Gasteiger partial charge in [-0.3, -0.25) is 4.79 Å². The lowest BCUT2D eigenvalue weighted by atomic mass is 9.97. The molecule has 0 bridgehead atoms. The molecule has 0 saturated heterocycles. The van der Waals surface area contributed by atoms with E-state index < -0.39 is 0 Å². The molecule has 2 aromatic rings.